The molecule has 1 amide bonds. The number of hydrogen-bond acceptors (Lipinski definition) is 2. The summed E-state index contributed by atoms with van der Waals surface area (Å²) < 4.78 is 64.8. The zero-order chi connectivity index (χ0) is 14.6. The molecule has 0 aromatic heterocycles. The standard InChI is InChI=1S/C11H11F5N2O/c1-2-3-17-4-5(19)18-11-9(15)7(13)6(12)8(14)10(11)16/h17H,2-4H2,1H3,(H,18,19). The largest absolute Gasteiger partial charge is 0.320 e. The molecule has 0 saturated heterocycles. The number of carbonyl (C=O) groups is 1. The second-order valence-corrected chi connectivity index (χ2v) is 3.67. The molecule has 0 spiro atoms. The average Bonchev–Trinajstić information content (AvgIpc) is 2.39. The molecule has 1 rings (SSSR count). The van der Waals surface area contributed by atoms with Crippen LogP contribution >= 0.6 is 0 Å². The number of anilines is 1. The van der Waals surface area contributed by atoms with Crippen LogP contribution in [0.5, 0.6) is 0 Å². The molecule has 8 heteroatoms. The molecule has 0 aliphatic carbocycles. The molecular weight excluding hydrogens is 271 g/mol. The Balaban J connectivity index is 2.93. The molecule has 19 heavy (non-hydrogen) atoms. The predicted octanol–water partition coefficient (Wildman–Crippen LogP) is 2.32. The Morgan fingerprint density at radius 2 is 1.42 bits per heavy atom. The third-order valence-corrected chi connectivity index (χ3v) is 2.19. The van der Waals surface area contributed by atoms with E-state index in [0.29, 0.717) is 6.54 Å². The minimum atomic E-state index is -2.27. The van der Waals surface area contributed by atoms with Gasteiger partial charge in [0.05, 0.1) is 6.54 Å². The molecule has 0 aliphatic rings. The molecule has 0 saturated carbocycles. The average molecular weight is 282 g/mol. The van der Waals surface area contributed by atoms with E-state index in [1.165, 1.54) is 0 Å². The van der Waals surface area contributed by atoms with Crippen molar-refractivity contribution in [3.63, 3.8) is 0 Å². The van der Waals surface area contributed by atoms with Crippen LogP contribution in [-0.4, -0.2) is 19.0 Å². The highest BCUT2D eigenvalue weighted by molar-refractivity contribution is 5.92. The van der Waals surface area contributed by atoms with Crippen molar-refractivity contribution in [2.45, 2.75) is 13.3 Å². The number of halogens is 5. The lowest BCUT2D eigenvalue weighted by Crippen LogP contribution is -2.29. The fraction of sp³-hybridized carbons (Fsp3) is 0.364. The van der Waals surface area contributed by atoms with Crippen LogP contribution in [0, 0.1) is 29.1 Å². The van der Waals surface area contributed by atoms with Gasteiger partial charge in [0.1, 0.15) is 5.69 Å². The highest BCUT2D eigenvalue weighted by Gasteiger charge is 2.26. The lowest BCUT2D eigenvalue weighted by molar-refractivity contribution is -0.115. The van der Waals surface area contributed by atoms with Crippen molar-refractivity contribution < 1.29 is 26.7 Å². The van der Waals surface area contributed by atoms with Gasteiger partial charge in [0.15, 0.2) is 23.3 Å². The van der Waals surface area contributed by atoms with Gasteiger partial charge in [0.25, 0.3) is 0 Å². The first-order chi connectivity index (χ1) is 8.90. The van der Waals surface area contributed by atoms with Crippen molar-refractivity contribution in [2.24, 2.45) is 0 Å². The molecule has 106 valence electrons. The molecule has 0 aliphatic heterocycles. The molecule has 0 bridgehead atoms. The number of rotatable bonds is 5. The van der Waals surface area contributed by atoms with Gasteiger partial charge in [0.2, 0.25) is 11.7 Å². The van der Waals surface area contributed by atoms with Crippen molar-refractivity contribution in [3.8, 4) is 0 Å². The Labute approximate surface area is 105 Å². The van der Waals surface area contributed by atoms with Crippen LogP contribution in [0.1, 0.15) is 13.3 Å². The maximum absolute atomic E-state index is 13.2. The zero-order valence-corrected chi connectivity index (χ0v) is 9.92. The van der Waals surface area contributed by atoms with E-state index in [9.17, 15) is 26.7 Å². The molecule has 0 atom stereocenters. The van der Waals surface area contributed by atoms with Crippen LogP contribution in [0.3, 0.4) is 0 Å². The van der Waals surface area contributed by atoms with Crippen LogP contribution in [0.2, 0.25) is 0 Å². The van der Waals surface area contributed by atoms with Crippen LogP contribution in [0.15, 0.2) is 0 Å². The first-order valence-corrected chi connectivity index (χ1v) is 5.42. The highest BCUT2D eigenvalue weighted by Crippen LogP contribution is 2.26. The summed E-state index contributed by atoms with van der Waals surface area (Å²) in [4.78, 5) is 11.3. The Morgan fingerprint density at radius 1 is 0.947 bits per heavy atom. The zero-order valence-electron chi connectivity index (χ0n) is 9.92. The first kappa shape index (κ1) is 15.4. The highest BCUT2D eigenvalue weighted by atomic mass is 19.2. The van der Waals surface area contributed by atoms with Crippen LogP contribution < -0.4 is 10.6 Å². The summed E-state index contributed by atoms with van der Waals surface area (Å²) in [6, 6.07) is 0. The van der Waals surface area contributed by atoms with Crippen molar-refractivity contribution >= 4 is 11.6 Å². The van der Waals surface area contributed by atoms with Gasteiger partial charge in [-0.05, 0) is 13.0 Å². The van der Waals surface area contributed by atoms with Gasteiger partial charge in [-0.15, -0.1) is 0 Å². The van der Waals surface area contributed by atoms with Gasteiger partial charge in [-0.3, -0.25) is 4.79 Å². The summed E-state index contributed by atoms with van der Waals surface area (Å²) in [5.41, 5.74) is -1.35. The molecule has 0 unspecified atom stereocenters. The minimum Gasteiger partial charge on any atom is -0.320 e. The number of nitrogens with one attached hydrogen (secondary N) is 2. The van der Waals surface area contributed by atoms with E-state index in [1.54, 1.807) is 5.32 Å². The maximum Gasteiger partial charge on any atom is 0.238 e. The van der Waals surface area contributed by atoms with Crippen LogP contribution in [0.25, 0.3) is 0 Å². The molecule has 1 aromatic carbocycles. The number of benzene rings is 1. The molecule has 0 fully saturated rings. The van der Waals surface area contributed by atoms with Crippen LogP contribution in [-0.2, 0) is 4.79 Å². The maximum atomic E-state index is 13.2. The first-order valence-electron chi connectivity index (χ1n) is 5.42. The van der Waals surface area contributed by atoms with Gasteiger partial charge in [-0.2, -0.15) is 0 Å². The van der Waals surface area contributed by atoms with E-state index in [0.717, 1.165) is 6.42 Å². The monoisotopic (exact) mass is 282 g/mol. The summed E-state index contributed by atoms with van der Waals surface area (Å²) >= 11 is 0. The van der Waals surface area contributed by atoms with Gasteiger partial charge in [-0.25, -0.2) is 22.0 Å². The number of amides is 1. The van der Waals surface area contributed by atoms with Crippen molar-refractivity contribution in [2.75, 3.05) is 18.4 Å². The van der Waals surface area contributed by atoms with Crippen molar-refractivity contribution in [1.29, 1.82) is 0 Å². The summed E-state index contributed by atoms with van der Waals surface area (Å²) in [6.45, 7) is 2.01. The van der Waals surface area contributed by atoms with Crippen LogP contribution in [0.4, 0.5) is 27.6 Å². The van der Waals surface area contributed by atoms with E-state index < -0.39 is 40.7 Å². The quantitative estimate of drug-likeness (QED) is 0.376. The van der Waals surface area contributed by atoms with Gasteiger partial charge in [-0.1, -0.05) is 6.92 Å². The van der Waals surface area contributed by atoms with Gasteiger partial charge in [0, 0.05) is 0 Å². The summed E-state index contributed by atoms with van der Waals surface area (Å²) in [6.07, 6.45) is 0.718. The van der Waals surface area contributed by atoms with Crippen molar-refractivity contribution in [1.82, 2.24) is 5.32 Å². The summed E-state index contributed by atoms with van der Waals surface area (Å²) in [5, 5.41) is 4.26. The third-order valence-electron chi connectivity index (χ3n) is 2.19. The lowest BCUT2D eigenvalue weighted by Gasteiger charge is -2.10. The fourth-order valence-electron chi connectivity index (χ4n) is 1.28. The Hall–Kier alpha value is -1.70. The Kier molecular flexibility index (Phi) is 5.22. The topological polar surface area (TPSA) is 41.1 Å². The van der Waals surface area contributed by atoms with Gasteiger partial charge < -0.3 is 10.6 Å². The predicted molar refractivity (Wildman–Crippen MR) is 58.0 cm³/mol. The van der Waals surface area contributed by atoms with E-state index in [2.05, 4.69) is 5.32 Å². The molecule has 3 nitrogen and oxygen atoms in total. The van der Waals surface area contributed by atoms with Gasteiger partial charge >= 0.3 is 0 Å². The van der Waals surface area contributed by atoms with Crippen molar-refractivity contribution in [3.05, 3.63) is 29.1 Å². The molecule has 0 radical (unpaired) electrons. The lowest BCUT2D eigenvalue weighted by atomic mass is 10.2. The minimum absolute atomic E-state index is 0.298. The summed E-state index contributed by atoms with van der Waals surface area (Å²) in [7, 11) is 0. The van der Waals surface area contributed by atoms with E-state index in [1.807, 2.05) is 6.92 Å². The SMILES string of the molecule is CCCNCC(=O)Nc1c(F)c(F)c(F)c(F)c1F. The fourth-order valence-corrected chi connectivity index (χ4v) is 1.28. The van der Waals surface area contributed by atoms with E-state index >= 15 is 0 Å². The van der Waals surface area contributed by atoms with E-state index in [-0.39, 0.29) is 6.54 Å². The Morgan fingerprint density at radius 3 is 1.89 bits per heavy atom. The van der Waals surface area contributed by atoms with E-state index in [4.69, 9.17) is 0 Å². The molecule has 0 heterocycles. The number of carbonyl (C=O) groups excluding carboxylic acids is 1. The Bertz CT molecular complexity index is 463. The summed E-state index contributed by atoms with van der Waals surface area (Å²) in [5.74, 6) is -11.5. The normalized spacial score (nSPS) is 10.6. The smallest absolute Gasteiger partial charge is 0.238 e. The second-order valence-electron chi connectivity index (χ2n) is 3.67. The molecule has 1 aromatic rings. The molecular formula is C11H11F5N2O. The number of hydrogen-bond donors (Lipinski definition) is 2. The third kappa shape index (κ3) is 3.40. The second kappa shape index (κ2) is 6.46. The molecule has 2 N–H and O–H groups in total.